The van der Waals surface area contributed by atoms with Gasteiger partial charge in [0.25, 0.3) is 0 Å². The lowest BCUT2D eigenvalue weighted by Crippen LogP contribution is -2.44. The van der Waals surface area contributed by atoms with E-state index in [0.717, 1.165) is 11.1 Å². The smallest absolute Gasteiger partial charge is 0.241 e. The van der Waals surface area contributed by atoms with Gasteiger partial charge in [-0.15, -0.1) is 0 Å². The number of rotatable bonds is 7. The van der Waals surface area contributed by atoms with Crippen molar-refractivity contribution in [1.29, 1.82) is 0 Å². The van der Waals surface area contributed by atoms with Crippen LogP contribution >= 0.6 is 0 Å². The molecule has 0 aromatic heterocycles. The van der Waals surface area contributed by atoms with Crippen LogP contribution in [-0.2, 0) is 21.2 Å². The van der Waals surface area contributed by atoms with Gasteiger partial charge in [-0.05, 0) is 31.0 Å². The topological polar surface area (TPSA) is 63.2 Å². The van der Waals surface area contributed by atoms with Gasteiger partial charge in [0, 0.05) is 5.92 Å². The summed E-state index contributed by atoms with van der Waals surface area (Å²) in [6, 6.07) is 15.2. The number of carbonyl (C=O) groups is 1. The average molecular weight is 345 g/mol. The van der Waals surface area contributed by atoms with Crippen LogP contribution < -0.4 is 4.72 Å². The molecule has 0 aliphatic carbocycles. The van der Waals surface area contributed by atoms with Crippen LogP contribution in [0.2, 0.25) is 0 Å². The first kappa shape index (κ1) is 18.4. The molecule has 0 amide bonds. The maximum absolute atomic E-state index is 12.6. The van der Waals surface area contributed by atoms with Gasteiger partial charge in [0.1, 0.15) is 0 Å². The average Bonchev–Trinajstić information content (AvgIpc) is 2.54. The van der Waals surface area contributed by atoms with Crippen LogP contribution in [0.25, 0.3) is 0 Å². The Morgan fingerprint density at radius 2 is 1.58 bits per heavy atom. The van der Waals surface area contributed by atoms with Gasteiger partial charge in [-0.2, -0.15) is 0 Å². The first-order valence-corrected chi connectivity index (χ1v) is 9.44. The molecule has 2 rings (SSSR count). The molecule has 1 atom stereocenters. The predicted octanol–water partition coefficient (Wildman–Crippen LogP) is 3.11. The number of benzene rings is 2. The Morgan fingerprint density at radius 1 is 1.00 bits per heavy atom. The van der Waals surface area contributed by atoms with Gasteiger partial charge in [-0.1, -0.05) is 61.9 Å². The minimum absolute atomic E-state index is 0.116. The van der Waals surface area contributed by atoms with Gasteiger partial charge < -0.3 is 0 Å². The number of aryl methyl sites for hydroxylation is 1. The molecular formula is C19H23NO3S. The molecule has 128 valence electrons. The van der Waals surface area contributed by atoms with Crippen molar-refractivity contribution in [3.8, 4) is 0 Å². The minimum Gasteiger partial charge on any atom is -0.298 e. The third kappa shape index (κ3) is 4.76. The molecule has 0 radical (unpaired) electrons. The Balaban J connectivity index is 2.27. The molecule has 0 saturated heterocycles. The number of carbonyl (C=O) groups excluding carboxylic acids is 1. The van der Waals surface area contributed by atoms with Crippen molar-refractivity contribution in [2.45, 2.75) is 38.1 Å². The SMILES string of the molecule is Cc1ccc(S(=O)(=O)NC(Cc2ccccc2)C(=O)C(C)C)cc1. The molecule has 2 aromatic carbocycles. The van der Waals surface area contributed by atoms with Crippen LogP contribution in [0.1, 0.15) is 25.0 Å². The Hall–Kier alpha value is -1.98. The summed E-state index contributed by atoms with van der Waals surface area (Å²) in [5.41, 5.74) is 1.90. The molecule has 0 heterocycles. The zero-order chi connectivity index (χ0) is 17.7. The zero-order valence-corrected chi connectivity index (χ0v) is 15.0. The fourth-order valence-corrected chi connectivity index (χ4v) is 3.63. The second-order valence-electron chi connectivity index (χ2n) is 6.23. The lowest BCUT2D eigenvalue weighted by Gasteiger charge is -2.20. The van der Waals surface area contributed by atoms with Crippen molar-refractivity contribution in [3.05, 3.63) is 65.7 Å². The van der Waals surface area contributed by atoms with Crippen molar-refractivity contribution < 1.29 is 13.2 Å². The molecule has 0 fully saturated rings. The van der Waals surface area contributed by atoms with E-state index < -0.39 is 16.1 Å². The van der Waals surface area contributed by atoms with Gasteiger partial charge in [0.15, 0.2) is 5.78 Å². The van der Waals surface area contributed by atoms with Gasteiger partial charge in [-0.3, -0.25) is 4.79 Å². The van der Waals surface area contributed by atoms with Crippen LogP contribution in [-0.4, -0.2) is 20.2 Å². The summed E-state index contributed by atoms with van der Waals surface area (Å²) in [7, 11) is -3.75. The lowest BCUT2D eigenvalue weighted by molar-refractivity contribution is -0.123. The number of Topliss-reactive ketones (excluding diaryl/α,β-unsaturated/α-hetero) is 1. The van der Waals surface area contributed by atoms with Crippen molar-refractivity contribution in [2.24, 2.45) is 5.92 Å². The summed E-state index contributed by atoms with van der Waals surface area (Å²) >= 11 is 0. The van der Waals surface area contributed by atoms with E-state index >= 15 is 0 Å². The van der Waals surface area contributed by atoms with E-state index in [1.165, 1.54) is 0 Å². The van der Waals surface area contributed by atoms with Crippen LogP contribution in [0, 0.1) is 12.8 Å². The maximum Gasteiger partial charge on any atom is 0.241 e. The highest BCUT2D eigenvalue weighted by atomic mass is 32.2. The zero-order valence-electron chi connectivity index (χ0n) is 14.2. The Labute approximate surface area is 144 Å². The number of ketones is 1. The first-order valence-electron chi connectivity index (χ1n) is 7.96. The summed E-state index contributed by atoms with van der Waals surface area (Å²) in [6.45, 7) is 5.45. The molecule has 5 heteroatoms. The van der Waals surface area contributed by atoms with Crippen molar-refractivity contribution in [3.63, 3.8) is 0 Å². The normalized spacial score (nSPS) is 13.0. The molecule has 0 aliphatic rings. The van der Waals surface area contributed by atoms with Crippen LogP contribution in [0.3, 0.4) is 0 Å². The maximum atomic E-state index is 12.6. The van der Waals surface area contributed by atoms with Crippen LogP contribution in [0.4, 0.5) is 0 Å². The van der Waals surface area contributed by atoms with E-state index in [1.54, 1.807) is 38.1 Å². The highest BCUT2D eigenvalue weighted by Crippen LogP contribution is 2.14. The molecule has 0 aliphatic heterocycles. The summed E-state index contributed by atoms with van der Waals surface area (Å²) in [5.74, 6) is -0.367. The van der Waals surface area contributed by atoms with E-state index in [2.05, 4.69) is 4.72 Å². The molecule has 4 nitrogen and oxygen atoms in total. The molecular weight excluding hydrogens is 322 g/mol. The number of sulfonamides is 1. The summed E-state index contributed by atoms with van der Waals surface area (Å²) < 4.78 is 27.8. The van der Waals surface area contributed by atoms with Gasteiger partial charge in [0.05, 0.1) is 10.9 Å². The van der Waals surface area contributed by atoms with E-state index in [1.807, 2.05) is 37.3 Å². The largest absolute Gasteiger partial charge is 0.298 e. The van der Waals surface area contributed by atoms with Gasteiger partial charge >= 0.3 is 0 Å². The van der Waals surface area contributed by atoms with E-state index in [0.29, 0.717) is 6.42 Å². The van der Waals surface area contributed by atoms with Crippen LogP contribution in [0.5, 0.6) is 0 Å². The molecule has 0 bridgehead atoms. The molecule has 0 saturated carbocycles. The fraction of sp³-hybridized carbons (Fsp3) is 0.316. The summed E-state index contributed by atoms with van der Waals surface area (Å²) in [5, 5.41) is 0. The predicted molar refractivity (Wildman–Crippen MR) is 95.3 cm³/mol. The third-order valence-electron chi connectivity index (χ3n) is 3.82. The fourth-order valence-electron chi connectivity index (χ4n) is 2.43. The van der Waals surface area contributed by atoms with Gasteiger partial charge in [-0.25, -0.2) is 13.1 Å². The van der Waals surface area contributed by atoms with Crippen molar-refractivity contribution in [2.75, 3.05) is 0 Å². The standard InChI is InChI=1S/C19H23NO3S/c1-14(2)19(21)18(13-16-7-5-4-6-8-16)20-24(22,23)17-11-9-15(3)10-12-17/h4-12,14,18,20H,13H2,1-3H3. The molecule has 24 heavy (non-hydrogen) atoms. The minimum atomic E-state index is -3.75. The second kappa shape index (κ2) is 7.73. The summed E-state index contributed by atoms with van der Waals surface area (Å²) in [6.07, 6.45) is 0.336. The Morgan fingerprint density at radius 3 is 2.12 bits per heavy atom. The highest BCUT2D eigenvalue weighted by molar-refractivity contribution is 7.89. The monoisotopic (exact) mass is 345 g/mol. The number of hydrogen-bond donors (Lipinski definition) is 1. The lowest BCUT2D eigenvalue weighted by atomic mass is 9.97. The molecule has 0 spiro atoms. The number of hydrogen-bond acceptors (Lipinski definition) is 3. The highest BCUT2D eigenvalue weighted by Gasteiger charge is 2.27. The molecule has 1 unspecified atom stereocenters. The third-order valence-corrected chi connectivity index (χ3v) is 5.31. The van der Waals surface area contributed by atoms with Crippen molar-refractivity contribution >= 4 is 15.8 Å². The van der Waals surface area contributed by atoms with Gasteiger partial charge in [0.2, 0.25) is 10.0 Å². The second-order valence-corrected chi connectivity index (χ2v) is 7.95. The quantitative estimate of drug-likeness (QED) is 0.839. The molecule has 1 N–H and O–H groups in total. The summed E-state index contributed by atoms with van der Waals surface area (Å²) in [4.78, 5) is 12.7. The molecule has 2 aromatic rings. The van der Waals surface area contributed by atoms with E-state index in [-0.39, 0.29) is 16.6 Å². The number of nitrogens with one attached hydrogen (secondary N) is 1. The Bertz CT molecular complexity index is 781. The van der Waals surface area contributed by atoms with Crippen LogP contribution in [0.15, 0.2) is 59.5 Å². The first-order chi connectivity index (χ1) is 11.3. The van der Waals surface area contributed by atoms with E-state index in [9.17, 15) is 13.2 Å². The van der Waals surface area contributed by atoms with Crippen molar-refractivity contribution in [1.82, 2.24) is 4.72 Å². The Kier molecular flexibility index (Phi) is 5.91. The van der Waals surface area contributed by atoms with E-state index in [4.69, 9.17) is 0 Å².